The fraction of sp³-hybridized carbons (Fsp3) is 0.444. The number of carbonyl (C=O) groups is 1. The van der Waals surface area contributed by atoms with Crippen LogP contribution in [-0.2, 0) is 9.53 Å². The lowest BCUT2D eigenvalue weighted by atomic mass is 9.89. The van der Waals surface area contributed by atoms with Crippen LogP contribution in [0.4, 0.5) is 0 Å². The van der Waals surface area contributed by atoms with Crippen molar-refractivity contribution in [3.63, 3.8) is 0 Å². The summed E-state index contributed by atoms with van der Waals surface area (Å²) in [5, 5.41) is 0. The summed E-state index contributed by atoms with van der Waals surface area (Å²) in [6.45, 7) is 14.8. The Balaban J connectivity index is 1.97. The van der Waals surface area contributed by atoms with Crippen LogP contribution in [0.15, 0.2) is 60.4 Å². The number of allylic oxidation sites excluding steroid dienone is 1. The lowest BCUT2D eigenvalue weighted by Crippen LogP contribution is -2.32. The van der Waals surface area contributed by atoms with Crippen LogP contribution in [0.1, 0.15) is 82.9 Å². The van der Waals surface area contributed by atoms with E-state index in [2.05, 4.69) is 54.5 Å². The van der Waals surface area contributed by atoms with Crippen LogP contribution in [0.5, 0.6) is 5.75 Å². The van der Waals surface area contributed by atoms with Crippen LogP contribution in [0.3, 0.4) is 0 Å². The summed E-state index contributed by atoms with van der Waals surface area (Å²) in [4.78, 5) is 13.4. The van der Waals surface area contributed by atoms with Crippen molar-refractivity contribution in [2.24, 2.45) is 5.41 Å². The molecular weight excluding hydrogens is 372 g/mol. The molecular formula is C27H34O3. The molecule has 0 aliphatic carbocycles. The van der Waals surface area contributed by atoms with Gasteiger partial charge < -0.3 is 9.47 Å². The van der Waals surface area contributed by atoms with Crippen molar-refractivity contribution in [3.05, 3.63) is 77.1 Å². The van der Waals surface area contributed by atoms with Gasteiger partial charge in [0, 0.05) is 5.41 Å². The summed E-state index contributed by atoms with van der Waals surface area (Å²) in [6, 6.07) is 16.2. The molecule has 0 spiro atoms. The molecule has 2 aromatic carbocycles. The van der Waals surface area contributed by atoms with Crippen LogP contribution >= 0.6 is 0 Å². The van der Waals surface area contributed by atoms with Crippen molar-refractivity contribution in [2.45, 2.75) is 72.3 Å². The van der Waals surface area contributed by atoms with Gasteiger partial charge in [0.05, 0.1) is 11.7 Å². The molecule has 0 fully saturated rings. The molecule has 0 N–H and O–H groups in total. The number of esters is 1. The molecule has 0 saturated carbocycles. The zero-order valence-corrected chi connectivity index (χ0v) is 19.2. The molecule has 3 heteroatoms. The molecule has 1 aliphatic heterocycles. The number of para-hydroxylation sites is 1. The van der Waals surface area contributed by atoms with Gasteiger partial charge in [0.2, 0.25) is 6.10 Å². The third kappa shape index (κ3) is 4.61. The molecule has 2 aromatic rings. The molecule has 0 bridgehead atoms. The number of hydrogen-bond acceptors (Lipinski definition) is 3. The van der Waals surface area contributed by atoms with Crippen molar-refractivity contribution in [1.82, 2.24) is 0 Å². The maximum Gasteiger partial charge on any atom is 0.353 e. The van der Waals surface area contributed by atoms with Crippen molar-refractivity contribution in [1.29, 1.82) is 0 Å². The van der Waals surface area contributed by atoms with Crippen LogP contribution in [0.25, 0.3) is 0 Å². The number of ether oxygens (including phenoxy) is 2. The van der Waals surface area contributed by atoms with Gasteiger partial charge in [-0.05, 0) is 34.6 Å². The predicted octanol–water partition coefficient (Wildman–Crippen LogP) is 6.95. The van der Waals surface area contributed by atoms with Gasteiger partial charge in [-0.3, -0.25) is 0 Å². The average Bonchev–Trinajstić information content (AvgIpc) is 3.14. The zero-order chi connectivity index (χ0) is 22.1. The van der Waals surface area contributed by atoms with Gasteiger partial charge in [0.25, 0.3) is 0 Å². The molecule has 1 heterocycles. The van der Waals surface area contributed by atoms with Crippen molar-refractivity contribution >= 4 is 5.97 Å². The van der Waals surface area contributed by atoms with Crippen molar-refractivity contribution in [2.75, 3.05) is 0 Å². The van der Waals surface area contributed by atoms with E-state index in [9.17, 15) is 4.79 Å². The van der Waals surface area contributed by atoms with Gasteiger partial charge in [0.1, 0.15) is 5.75 Å². The van der Waals surface area contributed by atoms with Crippen LogP contribution in [0.2, 0.25) is 0 Å². The van der Waals surface area contributed by atoms with Crippen molar-refractivity contribution < 1.29 is 14.3 Å². The van der Waals surface area contributed by atoms with Crippen molar-refractivity contribution in [3.8, 4) is 5.75 Å². The second-order valence-electron chi connectivity index (χ2n) is 9.75. The third-order valence-corrected chi connectivity index (χ3v) is 5.59. The number of hydrogen-bond donors (Lipinski definition) is 0. The number of carbonyl (C=O) groups excluding carboxylic acids is 1. The Bertz CT molecular complexity index is 891. The topological polar surface area (TPSA) is 35.5 Å². The summed E-state index contributed by atoms with van der Waals surface area (Å²) in [5.41, 5.74) is 2.97. The third-order valence-electron chi connectivity index (χ3n) is 5.59. The fourth-order valence-corrected chi connectivity index (χ4v) is 3.83. The molecule has 3 rings (SSSR count). The van der Waals surface area contributed by atoms with E-state index in [-0.39, 0.29) is 29.1 Å². The first-order valence-electron chi connectivity index (χ1n) is 10.9. The maximum absolute atomic E-state index is 13.4. The molecule has 160 valence electrons. The minimum atomic E-state index is -0.693. The minimum Gasteiger partial charge on any atom is -0.482 e. The Morgan fingerprint density at radius 2 is 1.47 bits per heavy atom. The van der Waals surface area contributed by atoms with Gasteiger partial charge in [-0.2, -0.15) is 0 Å². The highest BCUT2D eigenvalue weighted by atomic mass is 16.6. The molecule has 2 atom stereocenters. The summed E-state index contributed by atoms with van der Waals surface area (Å²) in [7, 11) is 0. The van der Waals surface area contributed by atoms with E-state index in [0.717, 1.165) is 22.4 Å². The second kappa shape index (κ2) is 8.67. The largest absolute Gasteiger partial charge is 0.482 e. The molecule has 0 radical (unpaired) electrons. The van der Waals surface area contributed by atoms with Gasteiger partial charge in [-0.1, -0.05) is 97.0 Å². The summed E-state index contributed by atoms with van der Waals surface area (Å²) >= 11 is 0. The highest BCUT2D eigenvalue weighted by Crippen LogP contribution is 2.41. The lowest BCUT2D eigenvalue weighted by molar-refractivity contribution is -0.145. The number of benzene rings is 2. The van der Waals surface area contributed by atoms with Crippen LogP contribution < -0.4 is 4.74 Å². The molecule has 0 amide bonds. The Morgan fingerprint density at radius 3 is 1.97 bits per heavy atom. The average molecular weight is 407 g/mol. The molecule has 0 saturated heterocycles. The molecule has 1 aliphatic rings. The van der Waals surface area contributed by atoms with E-state index < -0.39 is 6.10 Å². The van der Waals surface area contributed by atoms with E-state index in [1.165, 1.54) is 0 Å². The fourth-order valence-electron chi connectivity index (χ4n) is 3.83. The highest BCUT2D eigenvalue weighted by Gasteiger charge is 2.41. The maximum atomic E-state index is 13.4. The quantitative estimate of drug-likeness (QED) is 0.398. The smallest absolute Gasteiger partial charge is 0.353 e. The Morgan fingerprint density at radius 1 is 0.900 bits per heavy atom. The monoisotopic (exact) mass is 406 g/mol. The summed E-state index contributed by atoms with van der Waals surface area (Å²) in [5.74, 6) is 1.52. The van der Waals surface area contributed by atoms with Gasteiger partial charge in [0.15, 0.2) is 0 Å². The lowest BCUT2D eigenvalue weighted by Gasteiger charge is -2.24. The Hall–Kier alpha value is -2.55. The predicted molar refractivity (Wildman–Crippen MR) is 122 cm³/mol. The molecule has 30 heavy (non-hydrogen) atoms. The van der Waals surface area contributed by atoms with Crippen LogP contribution in [-0.4, -0.2) is 12.1 Å². The first-order valence-corrected chi connectivity index (χ1v) is 10.9. The number of rotatable bonds is 5. The molecule has 3 nitrogen and oxygen atoms in total. The van der Waals surface area contributed by atoms with E-state index in [0.29, 0.717) is 5.75 Å². The van der Waals surface area contributed by atoms with Gasteiger partial charge in [-0.15, -0.1) is 0 Å². The van der Waals surface area contributed by atoms with E-state index in [4.69, 9.17) is 9.47 Å². The SMILES string of the molecule is CC(C)c1cccc(C(C)C)c1OC(=O)C1OC(C(C)(C)C)=CC1c1ccccc1. The standard InChI is InChI=1S/C27H34O3/c1-17(2)20-14-11-15-21(18(3)4)24(20)30-26(28)25-22(19-12-9-8-10-13-19)16-23(29-25)27(5,6)7/h8-18,22,25H,1-7H3. The van der Waals surface area contributed by atoms with E-state index >= 15 is 0 Å². The highest BCUT2D eigenvalue weighted by molar-refractivity contribution is 5.80. The first-order chi connectivity index (χ1) is 14.1. The Kier molecular flexibility index (Phi) is 6.40. The van der Waals surface area contributed by atoms with Gasteiger partial charge >= 0.3 is 5.97 Å². The normalized spacial score (nSPS) is 19.0. The molecule has 0 aromatic heterocycles. The zero-order valence-electron chi connectivity index (χ0n) is 19.2. The molecule has 2 unspecified atom stereocenters. The first kappa shape index (κ1) is 22.1. The van der Waals surface area contributed by atoms with Gasteiger partial charge in [-0.25, -0.2) is 4.79 Å². The summed E-state index contributed by atoms with van der Waals surface area (Å²) in [6.07, 6.45) is 1.39. The van der Waals surface area contributed by atoms with E-state index in [1.54, 1.807) is 0 Å². The van der Waals surface area contributed by atoms with E-state index in [1.807, 2.05) is 48.5 Å². The van der Waals surface area contributed by atoms with Crippen LogP contribution in [0, 0.1) is 5.41 Å². The minimum absolute atomic E-state index is 0.165. The summed E-state index contributed by atoms with van der Waals surface area (Å²) < 4.78 is 12.3. The second-order valence-corrected chi connectivity index (χ2v) is 9.75. The Labute approximate surface area is 181 Å².